The Bertz CT molecular complexity index is 543. The van der Waals surface area contributed by atoms with Crippen LogP contribution in [0.1, 0.15) is 0 Å². The van der Waals surface area contributed by atoms with Gasteiger partial charge >= 0.3 is 0 Å². The molecule has 19 heavy (non-hydrogen) atoms. The van der Waals surface area contributed by atoms with Crippen molar-refractivity contribution in [1.29, 1.82) is 0 Å². The summed E-state index contributed by atoms with van der Waals surface area (Å²) in [6, 6.07) is 16.5. The number of hydrogen-bond donors (Lipinski definition) is 2. The maximum atomic E-state index is 10.8. The Morgan fingerprint density at radius 1 is 0.895 bits per heavy atom. The Kier molecular flexibility index (Phi) is 4.34. The molecule has 0 spiro atoms. The fraction of sp³-hybridized carbons (Fsp3) is 0.143. The van der Waals surface area contributed by atoms with Gasteiger partial charge in [-0.3, -0.25) is 10.1 Å². The topological polar surface area (TPSA) is 67.2 Å². The quantitative estimate of drug-likeness (QED) is 0.474. The van der Waals surface area contributed by atoms with Gasteiger partial charge in [0.25, 0.3) is 5.69 Å². The highest BCUT2D eigenvalue weighted by atomic mass is 16.6. The number of nitrogens with one attached hydrogen (secondary N) is 2. The van der Waals surface area contributed by atoms with Crippen molar-refractivity contribution >= 4 is 17.1 Å². The van der Waals surface area contributed by atoms with Gasteiger partial charge in [0.05, 0.1) is 4.92 Å². The van der Waals surface area contributed by atoms with Gasteiger partial charge in [-0.05, 0) is 18.2 Å². The molecule has 2 aromatic rings. The molecule has 2 aromatic carbocycles. The van der Waals surface area contributed by atoms with Crippen LogP contribution < -0.4 is 10.6 Å². The van der Waals surface area contributed by atoms with Crippen LogP contribution in [0.5, 0.6) is 0 Å². The summed E-state index contributed by atoms with van der Waals surface area (Å²) in [4.78, 5) is 10.4. The summed E-state index contributed by atoms with van der Waals surface area (Å²) in [7, 11) is 0. The molecule has 0 unspecified atom stereocenters. The van der Waals surface area contributed by atoms with Crippen LogP contribution in [0.4, 0.5) is 17.1 Å². The van der Waals surface area contributed by atoms with Crippen molar-refractivity contribution in [3.05, 3.63) is 64.7 Å². The zero-order valence-electron chi connectivity index (χ0n) is 10.4. The lowest BCUT2D eigenvalue weighted by Crippen LogP contribution is -2.14. The molecule has 0 atom stereocenters. The Balaban J connectivity index is 1.85. The monoisotopic (exact) mass is 257 g/mol. The van der Waals surface area contributed by atoms with E-state index in [0.717, 1.165) is 5.69 Å². The van der Waals surface area contributed by atoms with E-state index in [2.05, 4.69) is 10.6 Å². The van der Waals surface area contributed by atoms with Crippen LogP contribution in [0, 0.1) is 10.1 Å². The molecule has 0 radical (unpaired) electrons. The molecule has 0 saturated heterocycles. The van der Waals surface area contributed by atoms with Gasteiger partial charge in [-0.1, -0.05) is 30.3 Å². The fourth-order valence-electron chi connectivity index (χ4n) is 1.74. The standard InChI is InChI=1S/C14H15N3O2/c18-17(19)14-9-5-4-8-13(14)16-11-10-15-12-6-2-1-3-7-12/h1-9,15-16H,10-11H2. The summed E-state index contributed by atoms with van der Waals surface area (Å²) < 4.78 is 0. The van der Waals surface area contributed by atoms with Gasteiger partial charge in [0.15, 0.2) is 0 Å². The molecule has 0 amide bonds. The molecule has 0 fully saturated rings. The van der Waals surface area contributed by atoms with Crippen LogP contribution in [0.3, 0.4) is 0 Å². The third-order valence-corrected chi connectivity index (χ3v) is 2.64. The number of nitro groups is 1. The molecule has 0 aliphatic carbocycles. The molecule has 98 valence electrons. The summed E-state index contributed by atoms with van der Waals surface area (Å²) in [5.74, 6) is 0. The van der Waals surface area contributed by atoms with Crippen molar-refractivity contribution in [1.82, 2.24) is 0 Å². The van der Waals surface area contributed by atoms with E-state index in [4.69, 9.17) is 0 Å². The minimum atomic E-state index is -0.382. The lowest BCUT2D eigenvalue weighted by atomic mass is 10.2. The van der Waals surface area contributed by atoms with Crippen LogP contribution in [0.15, 0.2) is 54.6 Å². The number of para-hydroxylation sites is 3. The highest BCUT2D eigenvalue weighted by Crippen LogP contribution is 2.22. The predicted molar refractivity (Wildman–Crippen MR) is 76.5 cm³/mol. The molecule has 0 heterocycles. The number of nitrogens with zero attached hydrogens (tertiary/aromatic N) is 1. The van der Waals surface area contributed by atoms with E-state index in [1.54, 1.807) is 18.2 Å². The Morgan fingerprint density at radius 2 is 1.53 bits per heavy atom. The Hall–Kier alpha value is -2.56. The number of hydrogen-bond acceptors (Lipinski definition) is 4. The summed E-state index contributed by atoms with van der Waals surface area (Å²) in [6.07, 6.45) is 0. The van der Waals surface area contributed by atoms with E-state index in [-0.39, 0.29) is 10.6 Å². The largest absolute Gasteiger partial charge is 0.383 e. The van der Waals surface area contributed by atoms with E-state index in [1.807, 2.05) is 30.3 Å². The second-order valence-electron chi connectivity index (χ2n) is 3.99. The second kappa shape index (κ2) is 6.39. The summed E-state index contributed by atoms with van der Waals surface area (Å²) >= 11 is 0. The average Bonchev–Trinajstić information content (AvgIpc) is 2.45. The van der Waals surface area contributed by atoms with Crippen LogP contribution in [-0.4, -0.2) is 18.0 Å². The molecule has 0 aliphatic heterocycles. The first-order chi connectivity index (χ1) is 9.27. The summed E-state index contributed by atoms with van der Waals surface area (Å²) in [6.45, 7) is 1.30. The van der Waals surface area contributed by atoms with Crippen molar-refractivity contribution in [2.24, 2.45) is 0 Å². The van der Waals surface area contributed by atoms with E-state index in [9.17, 15) is 10.1 Å². The van der Waals surface area contributed by atoms with Crippen LogP contribution >= 0.6 is 0 Å². The molecule has 5 nitrogen and oxygen atoms in total. The molecule has 5 heteroatoms. The zero-order valence-corrected chi connectivity index (χ0v) is 10.4. The van der Waals surface area contributed by atoms with Gasteiger partial charge in [-0.15, -0.1) is 0 Å². The maximum absolute atomic E-state index is 10.8. The molecule has 0 bridgehead atoms. The fourth-order valence-corrected chi connectivity index (χ4v) is 1.74. The maximum Gasteiger partial charge on any atom is 0.292 e. The van der Waals surface area contributed by atoms with Crippen molar-refractivity contribution in [2.75, 3.05) is 23.7 Å². The summed E-state index contributed by atoms with van der Waals surface area (Å²) in [5, 5.41) is 17.1. The van der Waals surface area contributed by atoms with Crippen LogP contribution in [0.25, 0.3) is 0 Å². The first kappa shape index (κ1) is 12.9. The molecular weight excluding hydrogens is 242 g/mol. The van der Waals surface area contributed by atoms with Crippen LogP contribution in [0.2, 0.25) is 0 Å². The number of nitro benzene ring substituents is 1. The van der Waals surface area contributed by atoms with E-state index < -0.39 is 0 Å². The highest BCUT2D eigenvalue weighted by Gasteiger charge is 2.10. The van der Waals surface area contributed by atoms with Crippen molar-refractivity contribution in [3.8, 4) is 0 Å². The third kappa shape index (κ3) is 3.70. The van der Waals surface area contributed by atoms with Crippen molar-refractivity contribution in [2.45, 2.75) is 0 Å². The molecule has 0 saturated carbocycles. The number of rotatable bonds is 6. The molecular formula is C14H15N3O2. The first-order valence-electron chi connectivity index (χ1n) is 6.03. The van der Waals surface area contributed by atoms with Gasteiger partial charge < -0.3 is 10.6 Å². The molecule has 0 aliphatic rings. The smallest absolute Gasteiger partial charge is 0.292 e. The number of anilines is 2. The van der Waals surface area contributed by atoms with Gasteiger partial charge in [0, 0.05) is 24.8 Å². The average molecular weight is 257 g/mol. The van der Waals surface area contributed by atoms with Gasteiger partial charge in [0.2, 0.25) is 0 Å². The van der Waals surface area contributed by atoms with Crippen LogP contribution in [-0.2, 0) is 0 Å². The highest BCUT2D eigenvalue weighted by molar-refractivity contribution is 5.61. The lowest BCUT2D eigenvalue weighted by Gasteiger charge is -2.08. The third-order valence-electron chi connectivity index (χ3n) is 2.64. The molecule has 2 N–H and O–H groups in total. The lowest BCUT2D eigenvalue weighted by molar-refractivity contribution is -0.384. The normalized spacial score (nSPS) is 9.89. The number of benzene rings is 2. The molecule has 0 aromatic heterocycles. The molecule has 2 rings (SSSR count). The van der Waals surface area contributed by atoms with E-state index in [1.165, 1.54) is 6.07 Å². The van der Waals surface area contributed by atoms with E-state index in [0.29, 0.717) is 18.8 Å². The van der Waals surface area contributed by atoms with Crippen molar-refractivity contribution in [3.63, 3.8) is 0 Å². The second-order valence-corrected chi connectivity index (χ2v) is 3.99. The van der Waals surface area contributed by atoms with Gasteiger partial charge in [0.1, 0.15) is 5.69 Å². The predicted octanol–water partition coefficient (Wildman–Crippen LogP) is 3.12. The van der Waals surface area contributed by atoms with E-state index >= 15 is 0 Å². The summed E-state index contributed by atoms with van der Waals surface area (Å²) in [5.41, 5.74) is 1.68. The zero-order chi connectivity index (χ0) is 13.5. The van der Waals surface area contributed by atoms with Gasteiger partial charge in [-0.2, -0.15) is 0 Å². The first-order valence-corrected chi connectivity index (χ1v) is 6.03. The minimum absolute atomic E-state index is 0.0993. The van der Waals surface area contributed by atoms with Crippen molar-refractivity contribution < 1.29 is 4.92 Å². The Labute approximate surface area is 111 Å². The van der Waals surface area contributed by atoms with Gasteiger partial charge in [-0.25, -0.2) is 0 Å². The minimum Gasteiger partial charge on any atom is -0.383 e. The SMILES string of the molecule is O=[N+]([O-])c1ccccc1NCCNc1ccccc1. The Morgan fingerprint density at radius 3 is 2.26 bits per heavy atom.